The Kier molecular flexibility index (Phi) is 31.1. The van der Waals surface area contributed by atoms with E-state index in [1.54, 1.807) is 0 Å². The molecule has 0 atom stereocenters. The molecule has 6 nitrogen and oxygen atoms in total. The Balaban J connectivity index is -0.0000000286. The number of rotatable bonds is 0. The van der Waals surface area contributed by atoms with Crippen molar-refractivity contribution < 1.29 is 76.6 Å². The van der Waals surface area contributed by atoms with Crippen LogP contribution in [0.2, 0.25) is 0 Å². The summed E-state index contributed by atoms with van der Waals surface area (Å²) in [7, 11) is -5.17. The Morgan fingerprint density at radius 3 is 1.00 bits per heavy atom. The first kappa shape index (κ1) is 22.4. The second-order valence-electron chi connectivity index (χ2n) is 0.408. The van der Waals surface area contributed by atoms with E-state index in [0.29, 0.717) is 0 Å². The molecule has 0 aromatic rings. The van der Waals surface area contributed by atoms with Gasteiger partial charge in [-0.05, 0) is 0 Å². The van der Waals surface area contributed by atoms with Gasteiger partial charge in [-0.3, -0.25) is 20.1 Å². The average Bonchev–Trinajstić information content (AvgIpc) is 1.36. The molecule has 9 heavy (non-hydrogen) atoms. The van der Waals surface area contributed by atoms with Crippen molar-refractivity contribution in [3.63, 3.8) is 0 Å². The molecule has 0 aromatic heterocycles. The maximum absolute atomic E-state index is 8.52. The summed E-state index contributed by atoms with van der Waals surface area (Å²) in [5.74, 6) is 8.00. The summed E-state index contributed by atoms with van der Waals surface area (Å²) in [5.41, 5.74) is 0. The maximum atomic E-state index is 8.52. The SMILES string of the molecule is NN.O=S(=O)([O-])[O-].[Na+].[Na+]. The van der Waals surface area contributed by atoms with Crippen LogP contribution in [0.1, 0.15) is 0 Å². The zero-order valence-corrected chi connectivity index (χ0v) is 10.0. The van der Waals surface area contributed by atoms with Crippen molar-refractivity contribution in [3.8, 4) is 0 Å². The summed E-state index contributed by atoms with van der Waals surface area (Å²) in [5, 5.41) is 0. The Bertz CT molecular complexity index is 99.7. The monoisotopic (exact) mass is 174 g/mol. The van der Waals surface area contributed by atoms with E-state index in [2.05, 4.69) is 11.7 Å². The Morgan fingerprint density at radius 2 is 1.00 bits per heavy atom. The summed E-state index contributed by atoms with van der Waals surface area (Å²) in [6.07, 6.45) is 0. The van der Waals surface area contributed by atoms with Crippen LogP contribution in [0.4, 0.5) is 0 Å². The van der Waals surface area contributed by atoms with Crippen LogP contribution in [0.25, 0.3) is 0 Å². The van der Waals surface area contributed by atoms with Gasteiger partial charge in [0.05, 0.1) is 0 Å². The molecule has 46 valence electrons. The largest absolute Gasteiger partial charge is 1.00 e. The van der Waals surface area contributed by atoms with E-state index < -0.39 is 10.4 Å². The standard InChI is InChI=1S/H4N2.2Na.H2O4S/c1-2;;;1-5(2,3)4/h1-2H2;;;(H2,1,2,3,4)/q;2*+1;/p-2. The number of hydrogen-bond donors (Lipinski definition) is 2. The first-order valence-corrected chi connectivity index (χ1v) is 2.33. The molecule has 0 aliphatic rings. The van der Waals surface area contributed by atoms with Gasteiger partial charge in [-0.1, -0.05) is 0 Å². The summed E-state index contributed by atoms with van der Waals surface area (Å²) in [4.78, 5) is 0. The van der Waals surface area contributed by atoms with Gasteiger partial charge in [0.1, 0.15) is 0 Å². The zero-order chi connectivity index (χ0) is 6.50. The normalized spacial score (nSPS) is 7.11. The fourth-order valence-corrected chi connectivity index (χ4v) is 0. The second kappa shape index (κ2) is 12.5. The minimum atomic E-state index is -5.17. The fourth-order valence-electron chi connectivity index (χ4n) is 0. The molecule has 0 bridgehead atoms. The van der Waals surface area contributed by atoms with E-state index in [9.17, 15) is 0 Å². The third-order valence-electron chi connectivity index (χ3n) is 0. The molecule has 0 rings (SSSR count). The Hall–Kier alpha value is 1.79. The topological polar surface area (TPSA) is 132 Å². The molecule has 0 saturated carbocycles. The number of hydrogen-bond acceptors (Lipinski definition) is 6. The van der Waals surface area contributed by atoms with E-state index in [1.807, 2.05) is 0 Å². The van der Waals surface area contributed by atoms with Gasteiger partial charge in [-0.2, -0.15) is 0 Å². The molecule has 0 spiro atoms. The molecule has 0 fully saturated rings. The van der Waals surface area contributed by atoms with Crippen LogP contribution in [0.5, 0.6) is 0 Å². The van der Waals surface area contributed by atoms with Crippen LogP contribution >= 0.6 is 0 Å². The third-order valence-corrected chi connectivity index (χ3v) is 0. The van der Waals surface area contributed by atoms with E-state index in [4.69, 9.17) is 17.5 Å². The molecule has 0 heterocycles. The van der Waals surface area contributed by atoms with Crippen LogP contribution in [0.3, 0.4) is 0 Å². The van der Waals surface area contributed by atoms with Gasteiger partial charge in [-0.15, -0.1) is 0 Å². The average molecular weight is 174 g/mol. The summed E-state index contributed by atoms with van der Waals surface area (Å²) in [6.45, 7) is 0. The number of nitrogens with two attached hydrogens (primary N) is 2. The second-order valence-corrected chi connectivity index (χ2v) is 1.22. The minimum absolute atomic E-state index is 0. The molecule has 4 N–H and O–H groups in total. The first-order chi connectivity index (χ1) is 3.00. The number of hydrazine groups is 1. The molecule has 0 unspecified atom stereocenters. The Labute approximate surface area is 97.5 Å². The van der Waals surface area contributed by atoms with E-state index in [-0.39, 0.29) is 59.1 Å². The molecular formula is H4N2Na2O4S. The van der Waals surface area contributed by atoms with Gasteiger partial charge in [-0.25, -0.2) is 0 Å². The van der Waals surface area contributed by atoms with Crippen molar-refractivity contribution in [3.05, 3.63) is 0 Å². The van der Waals surface area contributed by atoms with Crippen molar-refractivity contribution in [2.24, 2.45) is 11.7 Å². The van der Waals surface area contributed by atoms with E-state index in [1.165, 1.54) is 0 Å². The van der Waals surface area contributed by atoms with Crippen LogP contribution in [-0.2, 0) is 10.4 Å². The van der Waals surface area contributed by atoms with Crippen molar-refractivity contribution in [1.29, 1.82) is 0 Å². The van der Waals surface area contributed by atoms with E-state index >= 15 is 0 Å². The van der Waals surface area contributed by atoms with Gasteiger partial charge in [0.15, 0.2) is 0 Å². The first-order valence-electron chi connectivity index (χ1n) is 1.00. The van der Waals surface area contributed by atoms with Crippen molar-refractivity contribution in [1.82, 2.24) is 0 Å². The maximum Gasteiger partial charge on any atom is 1.00 e. The molecule has 0 radical (unpaired) electrons. The molecule has 0 aliphatic heterocycles. The van der Waals surface area contributed by atoms with Crippen LogP contribution in [-0.4, -0.2) is 17.5 Å². The zero-order valence-electron chi connectivity index (χ0n) is 5.20. The van der Waals surface area contributed by atoms with E-state index in [0.717, 1.165) is 0 Å². The van der Waals surface area contributed by atoms with Crippen molar-refractivity contribution in [2.45, 2.75) is 0 Å². The van der Waals surface area contributed by atoms with Crippen LogP contribution < -0.4 is 70.8 Å². The molecule has 0 saturated heterocycles. The van der Waals surface area contributed by atoms with Crippen LogP contribution in [0.15, 0.2) is 0 Å². The molecule has 9 heteroatoms. The summed E-state index contributed by atoms with van der Waals surface area (Å²) < 4.78 is 34.1. The third kappa shape index (κ3) is 185. The fraction of sp³-hybridized carbons (Fsp3) is 0. The summed E-state index contributed by atoms with van der Waals surface area (Å²) >= 11 is 0. The Morgan fingerprint density at radius 1 is 1.00 bits per heavy atom. The van der Waals surface area contributed by atoms with Gasteiger partial charge in [0, 0.05) is 10.4 Å². The van der Waals surface area contributed by atoms with Gasteiger partial charge < -0.3 is 9.11 Å². The van der Waals surface area contributed by atoms with Gasteiger partial charge in [0.25, 0.3) is 0 Å². The van der Waals surface area contributed by atoms with Crippen LogP contribution in [0, 0.1) is 0 Å². The molecule has 0 amide bonds. The molecule has 0 aromatic carbocycles. The smallest absolute Gasteiger partial charge is 0.759 e. The predicted molar refractivity (Wildman–Crippen MR) is 18.8 cm³/mol. The minimum Gasteiger partial charge on any atom is -0.759 e. The molecule has 0 aliphatic carbocycles. The summed E-state index contributed by atoms with van der Waals surface area (Å²) in [6, 6.07) is 0. The van der Waals surface area contributed by atoms with Crippen molar-refractivity contribution in [2.75, 3.05) is 0 Å². The van der Waals surface area contributed by atoms with Crippen molar-refractivity contribution >= 4 is 10.4 Å². The van der Waals surface area contributed by atoms with Gasteiger partial charge in [0.2, 0.25) is 0 Å². The predicted octanol–water partition coefficient (Wildman–Crippen LogP) is -8.51. The van der Waals surface area contributed by atoms with Gasteiger partial charge >= 0.3 is 59.1 Å². The molecular weight excluding hydrogens is 170 g/mol. The quantitative estimate of drug-likeness (QED) is 0.123.